The van der Waals surface area contributed by atoms with E-state index in [1.165, 1.54) is 19.2 Å². The number of carbonyl (C=O) groups excluding carboxylic acids is 4. The van der Waals surface area contributed by atoms with Crippen molar-refractivity contribution in [1.82, 2.24) is 0 Å². The molecule has 0 radical (unpaired) electrons. The number of hydrogen-bond acceptors (Lipinski definition) is 8. The van der Waals surface area contributed by atoms with Gasteiger partial charge in [0.05, 0.1) is 25.2 Å². The molecule has 198 valence electrons. The summed E-state index contributed by atoms with van der Waals surface area (Å²) in [6.45, 7) is 2.49. The summed E-state index contributed by atoms with van der Waals surface area (Å²) >= 11 is 6.98. The molecule has 11 heteroatoms. The third kappa shape index (κ3) is 6.82. The van der Waals surface area contributed by atoms with Gasteiger partial charge < -0.3 is 14.2 Å². The first-order chi connectivity index (χ1) is 17.8. The van der Waals surface area contributed by atoms with Crippen LogP contribution in [0.5, 0.6) is 0 Å². The Kier molecular flexibility index (Phi) is 10.4. The van der Waals surface area contributed by atoms with Crippen molar-refractivity contribution in [2.24, 2.45) is 0 Å². The van der Waals surface area contributed by atoms with Gasteiger partial charge in [-0.3, -0.25) is 14.4 Å². The lowest BCUT2D eigenvalue weighted by atomic mass is 9.90. The molecule has 0 bridgehead atoms. The number of amides is 2. The fourth-order valence-corrected chi connectivity index (χ4v) is 5.14. The summed E-state index contributed by atoms with van der Waals surface area (Å²) in [6, 6.07) is 7.86. The average molecular weight is 552 g/mol. The summed E-state index contributed by atoms with van der Waals surface area (Å²) in [6.07, 6.45) is 1.38. The van der Waals surface area contributed by atoms with Gasteiger partial charge in [0.25, 0.3) is 11.8 Å². The fourth-order valence-electron chi connectivity index (χ4n) is 3.85. The van der Waals surface area contributed by atoms with E-state index in [2.05, 4.69) is 4.74 Å². The standard InChI is InChI=1S/C26H27ClFNO7S/c1-3-35-13-14-36-26(33)18-12-8-7-11-17(18)25(32)29(24(31)16-9-5-4-6-10-16)22-21(27)19(37-23(22)28)15-20(30)34-2/h4-6,9-10H,3,7-8,11-15H2,1-2H3. The molecule has 0 spiro atoms. The second kappa shape index (κ2) is 13.5. The molecule has 0 atom stereocenters. The van der Waals surface area contributed by atoms with Crippen LogP contribution in [0.3, 0.4) is 0 Å². The predicted octanol–water partition coefficient (Wildman–Crippen LogP) is 4.88. The summed E-state index contributed by atoms with van der Waals surface area (Å²) in [4.78, 5) is 52.9. The van der Waals surface area contributed by atoms with Gasteiger partial charge in [-0.2, -0.15) is 4.39 Å². The van der Waals surface area contributed by atoms with E-state index >= 15 is 4.39 Å². The van der Waals surface area contributed by atoms with Crippen LogP contribution in [0.4, 0.5) is 10.1 Å². The van der Waals surface area contributed by atoms with Crippen molar-refractivity contribution < 1.29 is 37.8 Å². The first-order valence-electron chi connectivity index (χ1n) is 11.7. The predicted molar refractivity (Wildman–Crippen MR) is 136 cm³/mol. The molecule has 0 aliphatic heterocycles. The molecule has 1 aliphatic rings. The SMILES string of the molecule is CCOCCOC(=O)C1=C(C(=O)N(C(=O)c2ccccc2)c2c(F)sc(CC(=O)OC)c2Cl)CCCC1. The van der Waals surface area contributed by atoms with Crippen molar-refractivity contribution in [2.45, 2.75) is 39.0 Å². The summed E-state index contributed by atoms with van der Waals surface area (Å²) in [5, 5.41) is -1.17. The van der Waals surface area contributed by atoms with E-state index in [9.17, 15) is 19.2 Å². The van der Waals surface area contributed by atoms with Gasteiger partial charge in [0.15, 0.2) is 0 Å². The van der Waals surface area contributed by atoms with E-state index in [0.717, 1.165) is 0 Å². The molecular formula is C26H27ClFNO7S. The molecule has 8 nitrogen and oxygen atoms in total. The Hall–Kier alpha value is -3.08. The van der Waals surface area contributed by atoms with Gasteiger partial charge in [-0.15, -0.1) is 11.3 Å². The molecule has 1 aromatic carbocycles. The molecular weight excluding hydrogens is 525 g/mol. The minimum Gasteiger partial charge on any atom is -0.469 e. The lowest BCUT2D eigenvalue weighted by Crippen LogP contribution is -2.40. The Morgan fingerprint density at radius 1 is 1.03 bits per heavy atom. The summed E-state index contributed by atoms with van der Waals surface area (Å²) in [7, 11) is 1.18. The van der Waals surface area contributed by atoms with Crippen molar-refractivity contribution in [3.05, 3.63) is 62.1 Å². The van der Waals surface area contributed by atoms with E-state index < -0.39 is 34.6 Å². The Morgan fingerprint density at radius 2 is 1.70 bits per heavy atom. The van der Waals surface area contributed by atoms with E-state index in [0.29, 0.717) is 35.7 Å². The second-order valence-corrected chi connectivity index (χ2v) is 9.46. The maximum Gasteiger partial charge on any atom is 0.334 e. The van der Waals surface area contributed by atoms with Gasteiger partial charge in [0.1, 0.15) is 12.3 Å². The lowest BCUT2D eigenvalue weighted by molar-refractivity contribution is -0.141. The van der Waals surface area contributed by atoms with Crippen LogP contribution in [-0.4, -0.2) is 50.7 Å². The number of benzene rings is 1. The van der Waals surface area contributed by atoms with Crippen LogP contribution >= 0.6 is 22.9 Å². The first-order valence-corrected chi connectivity index (χ1v) is 12.9. The van der Waals surface area contributed by atoms with Crippen LogP contribution in [0.2, 0.25) is 5.02 Å². The molecule has 0 fully saturated rings. The summed E-state index contributed by atoms with van der Waals surface area (Å²) in [5.41, 5.74) is -0.149. The number of esters is 2. The number of carbonyl (C=O) groups is 4. The lowest BCUT2D eigenvalue weighted by Gasteiger charge is -2.25. The van der Waals surface area contributed by atoms with Crippen molar-refractivity contribution in [3.8, 4) is 0 Å². The van der Waals surface area contributed by atoms with Crippen molar-refractivity contribution in [3.63, 3.8) is 0 Å². The molecule has 1 heterocycles. The Bertz CT molecular complexity index is 1200. The first kappa shape index (κ1) is 28.5. The monoisotopic (exact) mass is 551 g/mol. The zero-order valence-corrected chi connectivity index (χ0v) is 22.1. The highest BCUT2D eigenvalue weighted by Crippen LogP contribution is 2.41. The molecule has 0 unspecified atom stereocenters. The van der Waals surface area contributed by atoms with E-state index in [1.807, 2.05) is 6.92 Å². The van der Waals surface area contributed by atoms with Gasteiger partial charge in [-0.1, -0.05) is 29.8 Å². The Balaban J connectivity index is 2.07. The number of anilines is 1. The van der Waals surface area contributed by atoms with Gasteiger partial charge in [-0.05, 0) is 44.7 Å². The third-order valence-electron chi connectivity index (χ3n) is 5.67. The number of thiophene rings is 1. The number of nitrogens with zero attached hydrogens (tertiary/aromatic N) is 1. The highest BCUT2D eigenvalue weighted by atomic mass is 35.5. The van der Waals surface area contributed by atoms with Crippen molar-refractivity contribution >= 4 is 52.4 Å². The average Bonchev–Trinajstić information content (AvgIpc) is 3.19. The fraction of sp³-hybridized carbons (Fsp3) is 0.385. The molecule has 0 saturated carbocycles. The topological polar surface area (TPSA) is 99.2 Å². The quantitative estimate of drug-likeness (QED) is 0.236. The number of imide groups is 1. The van der Waals surface area contributed by atoms with E-state index in [4.69, 9.17) is 21.1 Å². The van der Waals surface area contributed by atoms with E-state index in [1.54, 1.807) is 18.2 Å². The van der Waals surface area contributed by atoms with Crippen LogP contribution < -0.4 is 4.90 Å². The number of hydrogen-bond donors (Lipinski definition) is 0. The maximum atomic E-state index is 15.3. The van der Waals surface area contributed by atoms with Crippen molar-refractivity contribution in [2.75, 3.05) is 31.8 Å². The minimum atomic E-state index is -0.918. The number of ether oxygens (including phenoxy) is 3. The molecule has 0 N–H and O–H groups in total. The maximum absolute atomic E-state index is 15.3. The van der Waals surface area contributed by atoms with E-state index in [-0.39, 0.29) is 59.1 Å². The highest BCUT2D eigenvalue weighted by Gasteiger charge is 2.37. The zero-order valence-electron chi connectivity index (χ0n) is 20.5. The van der Waals surface area contributed by atoms with Gasteiger partial charge in [0.2, 0.25) is 5.13 Å². The van der Waals surface area contributed by atoms with Crippen LogP contribution in [0, 0.1) is 5.13 Å². The normalized spacial score (nSPS) is 13.3. The van der Waals surface area contributed by atoms with Crippen molar-refractivity contribution in [1.29, 1.82) is 0 Å². The van der Waals surface area contributed by atoms with Crippen LogP contribution in [0.15, 0.2) is 41.5 Å². The number of methoxy groups -OCH3 is 1. The van der Waals surface area contributed by atoms with Crippen LogP contribution in [-0.2, 0) is 35.0 Å². The largest absolute Gasteiger partial charge is 0.469 e. The van der Waals surface area contributed by atoms with Gasteiger partial charge in [-0.25, -0.2) is 9.69 Å². The Labute approximate surface area is 222 Å². The number of halogens is 2. The third-order valence-corrected chi connectivity index (χ3v) is 7.16. The second-order valence-electron chi connectivity index (χ2n) is 8.02. The molecule has 2 amide bonds. The van der Waals surface area contributed by atoms with Crippen LogP contribution in [0.25, 0.3) is 0 Å². The van der Waals surface area contributed by atoms with Gasteiger partial charge >= 0.3 is 11.9 Å². The van der Waals surface area contributed by atoms with Crippen LogP contribution in [0.1, 0.15) is 47.8 Å². The summed E-state index contributed by atoms with van der Waals surface area (Å²) < 4.78 is 30.4. The molecule has 37 heavy (non-hydrogen) atoms. The van der Waals surface area contributed by atoms with Gasteiger partial charge in [0, 0.05) is 28.2 Å². The molecule has 2 aromatic rings. The highest BCUT2D eigenvalue weighted by molar-refractivity contribution is 7.11. The minimum absolute atomic E-state index is 0.00613. The molecule has 1 aromatic heterocycles. The number of rotatable bonds is 10. The molecule has 3 rings (SSSR count). The zero-order chi connectivity index (χ0) is 26.9. The summed E-state index contributed by atoms with van der Waals surface area (Å²) in [5.74, 6) is -3.03. The Morgan fingerprint density at radius 3 is 2.35 bits per heavy atom. The molecule has 0 saturated heterocycles. The smallest absolute Gasteiger partial charge is 0.334 e. The molecule has 1 aliphatic carbocycles.